The zero-order valence-electron chi connectivity index (χ0n) is 21.3. The lowest BCUT2D eigenvalue weighted by molar-refractivity contribution is -0.385. The summed E-state index contributed by atoms with van der Waals surface area (Å²) in [5.41, 5.74) is 2.75. The third kappa shape index (κ3) is 5.79. The molecule has 43 heavy (non-hydrogen) atoms. The summed E-state index contributed by atoms with van der Waals surface area (Å²) in [5.74, 6) is -0.636. The Balaban J connectivity index is 1.75. The van der Waals surface area contributed by atoms with Gasteiger partial charge in [0.2, 0.25) is 5.41 Å². The third-order valence-corrected chi connectivity index (χ3v) is 6.29. The number of nitrogen functional groups attached to an aromatic ring is 2. The van der Waals surface area contributed by atoms with E-state index >= 15 is 0 Å². The Morgan fingerprint density at radius 3 is 1.14 bits per heavy atom. The maximum Gasteiger partial charge on any atom is 0.411 e. The molecule has 4 rings (SSSR count). The van der Waals surface area contributed by atoms with E-state index in [2.05, 4.69) is 0 Å². The van der Waals surface area contributed by atoms with Gasteiger partial charge in [-0.05, 0) is 59.7 Å². The maximum absolute atomic E-state index is 14.6. The van der Waals surface area contributed by atoms with Crippen LogP contribution in [-0.2, 0) is 5.41 Å². The number of nitro groups is 2. The van der Waals surface area contributed by atoms with E-state index in [0.717, 1.165) is 36.4 Å². The number of benzene rings is 4. The van der Waals surface area contributed by atoms with Crippen LogP contribution >= 0.6 is 0 Å². The van der Waals surface area contributed by atoms with Gasteiger partial charge in [-0.2, -0.15) is 26.3 Å². The summed E-state index contributed by atoms with van der Waals surface area (Å²) in [4.78, 5) is 20.3. The molecule has 0 saturated heterocycles. The minimum atomic E-state index is -5.95. The second kappa shape index (κ2) is 11.0. The standard InChI is InChI=1S/C27H18F6N4O6/c28-26(29,30)25(27(31,32)33,15-1-11-23(21(34)13-15)42-19-7-3-17(4-8-19)36(38)39)16-2-12-24(22(35)14-16)43-20-9-5-18(6-10-20)37(40)41/h1-14H,34-35H2. The largest absolute Gasteiger partial charge is 0.455 e. The van der Waals surface area contributed by atoms with Crippen LogP contribution in [0.1, 0.15) is 11.1 Å². The zero-order chi connectivity index (χ0) is 31.7. The SMILES string of the molecule is Nc1cc(C(c2ccc(Oc3ccc([N+](=O)[O-])cc3)c(N)c2)(C(F)(F)F)C(F)(F)F)ccc1Oc1ccc([N+](=O)[O-])cc1. The number of nitro benzene ring substituents is 2. The van der Waals surface area contributed by atoms with Crippen molar-refractivity contribution in [3.63, 3.8) is 0 Å². The van der Waals surface area contributed by atoms with Crippen LogP contribution in [0.4, 0.5) is 49.1 Å². The van der Waals surface area contributed by atoms with Gasteiger partial charge in [-0.1, -0.05) is 12.1 Å². The Morgan fingerprint density at radius 1 is 0.558 bits per heavy atom. The monoisotopic (exact) mass is 608 g/mol. The number of alkyl halides is 6. The van der Waals surface area contributed by atoms with E-state index in [0.29, 0.717) is 24.3 Å². The van der Waals surface area contributed by atoms with Crippen molar-refractivity contribution in [2.75, 3.05) is 11.5 Å². The lowest BCUT2D eigenvalue weighted by Crippen LogP contribution is -2.54. The second-order valence-corrected chi connectivity index (χ2v) is 8.96. The molecule has 0 aliphatic heterocycles. The maximum atomic E-state index is 14.6. The fourth-order valence-corrected chi connectivity index (χ4v) is 4.26. The minimum Gasteiger partial charge on any atom is -0.455 e. The number of ether oxygens (including phenoxy) is 2. The summed E-state index contributed by atoms with van der Waals surface area (Å²) in [6.45, 7) is 0. The van der Waals surface area contributed by atoms with Gasteiger partial charge in [-0.15, -0.1) is 0 Å². The first-order valence-electron chi connectivity index (χ1n) is 11.8. The lowest BCUT2D eigenvalue weighted by Gasteiger charge is -2.38. The topological polar surface area (TPSA) is 157 Å². The fourth-order valence-electron chi connectivity index (χ4n) is 4.26. The van der Waals surface area contributed by atoms with Gasteiger partial charge in [0.1, 0.15) is 23.0 Å². The summed E-state index contributed by atoms with van der Waals surface area (Å²) in [5, 5.41) is 21.6. The van der Waals surface area contributed by atoms with E-state index in [1.165, 1.54) is 24.3 Å². The first-order chi connectivity index (χ1) is 20.0. The lowest BCUT2D eigenvalue weighted by atomic mass is 9.72. The molecule has 0 saturated carbocycles. The molecule has 224 valence electrons. The predicted molar refractivity (Wildman–Crippen MR) is 141 cm³/mol. The highest BCUT2D eigenvalue weighted by Gasteiger charge is 2.72. The molecule has 0 radical (unpaired) electrons. The molecular formula is C27H18F6N4O6. The van der Waals surface area contributed by atoms with Crippen LogP contribution < -0.4 is 20.9 Å². The van der Waals surface area contributed by atoms with Crippen molar-refractivity contribution in [3.05, 3.63) is 116 Å². The van der Waals surface area contributed by atoms with Crippen LogP contribution in [0.2, 0.25) is 0 Å². The number of anilines is 2. The smallest absolute Gasteiger partial charge is 0.411 e. The highest BCUT2D eigenvalue weighted by molar-refractivity contribution is 5.63. The van der Waals surface area contributed by atoms with Crippen molar-refractivity contribution < 1.29 is 45.7 Å². The van der Waals surface area contributed by atoms with Crippen molar-refractivity contribution >= 4 is 22.7 Å². The highest BCUT2D eigenvalue weighted by Crippen LogP contribution is 2.57. The Morgan fingerprint density at radius 2 is 0.884 bits per heavy atom. The van der Waals surface area contributed by atoms with Crippen LogP contribution in [-0.4, -0.2) is 22.2 Å². The first kappa shape index (κ1) is 30.4. The van der Waals surface area contributed by atoms with Gasteiger partial charge in [-0.3, -0.25) is 20.2 Å². The van der Waals surface area contributed by atoms with Crippen molar-refractivity contribution in [3.8, 4) is 23.0 Å². The molecule has 16 heteroatoms. The molecule has 0 atom stereocenters. The van der Waals surface area contributed by atoms with Gasteiger partial charge >= 0.3 is 12.4 Å². The van der Waals surface area contributed by atoms with Crippen LogP contribution in [0.3, 0.4) is 0 Å². The van der Waals surface area contributed by atoms with Crippen LogP contribution in [0, 0.1) is 20.2 Å². The summed E-state index contributed by atoms with van der Waals surface area (Å²) in [6, 6.07) is 12.7. The van der Waals surface area contributed by atoms with Crippen molar-refractivity contribution in [2.24, 2.45) is 0 Å². The van der Waals surface area contributed by atoms with Gasteiger partial charge in [0.25, 0.3) is 11.4 Å². The van der Waals surface area contributed by atoms with Crippen molar-refractivity contribution in [1.82, 2.24) is 0 Å². The molecule has 0 fully saturated rings. The number of nitrogens with two attached hydrogens (primary N) is 2. The first-order valence-corrected chi connectivity index (χ1v) is 11.8. The van der Waals surface area contributed by atoms with E-state index in [4.69, 9.17) is 20.9 Å². The molecule has 0 bridgehead atoms. The number of hydrogen-bond acceptors (Lipinski definition) is 8. The van der Waals surface area contributed by atoms with E-state index in [9.17, 15) is 46.6 Å². The number of hydrogen-bond donors (Lipinski definition) is 2. The number of halogens is 6. The van der Waals surface area contributed by atoms with Crippen LogP contribution in [0.5, 0.6) is 23.0 Å². The van der Waals surface area contributed by atoms with Crippen molar-refractivity contribution in [2.45, 2.75) is 17.8 Å². The normalized spacial score (nSPS) is 12.0. The molecule has 0 unspecified atom stereocenters. The summed E-state index contributed by atoms with van der Waals surface area (Å²) < 4.78 is 98.6. The molecule has 0 spiro atoms. The van der Waals surface area contributed by atoms with E-state index in [1.807, 2.05) is 0 Å². The molecule has 0 aliphatic carbocycles. The second-order valence-electron chi connectivity index (χ2n) is 8.96. The van der Waals surface area contributed by atoms with Crippen molar-refractivity contribution in [1.29, 1.82) is 0 Å². The van der Waals surface area contributed by atoms with Crippen LogP contribution in [0.25, 0.3) is 0 Å². The zero-order valence-corrected chi connectivity index (χ0v) is 21.3. The highest BCUT2D eigenvalue weighted by atomic mass is 19.4. The van der Waals surface area contributed by atoms with Gasteiger partial charge in [0.15, 0.2) is 0 Å². The van der Waals surface area contributed by atoms with Gasteiger partial charge < -0.3 is 20.9 Å². The Hall–Kier alpha value is -5.54. The van der Waals surface area contributed by atoms with E-state index in [-0.39, 0.29) is 34.4 Å². The average Bonchev–Trinajstić information content (AvgIpc) is 2.91. The Bertz CT molecular complexity index is 1550. The van der Waals surface area contributed by atoms with Gasteiger partial charge in [-0.25, -0.2) is 0 Å². The molecule has 0 amide bonds. The summed E-state index contributed by atoms with van der Waals surface area (Å²) in [7, 11) is 0. The molecule has 0 aromatic heterocycles. The van der Waals surface area contributed by atoms with E-state index < -0.39 is 50.1 Å². The molecule has 0 aliphatic rings. The quantitative estimate of drug-likeness (QED) is 0.0893. The fraction of sp³-hybridized carbons (Fsp3) is 0.111. The third-order valence-electron chi connectivity index (χ3n) is 6.29. The number of nitrogens with zero attached hydrogens (tertiary/aromatic N) is 2. The molecule has 4 aromatic carbocycles. The molecule has 4 aromatic rings. The van der Waals surface area contributed by atoms with Gasteiger partial charge in [0.05, 0.1) is 21.2 Å². The Labute approximate surface area is 237 Å². The Kier molecular flexibility index (Phi) is 7.81. The molecule has 4 N–H and O–H groups in total. The summed E-state index contributed by atoms with van der Waals surface area (Å²) in [6.07, 6.45) is -11.9. The van der Waals surface area contributed by atoms with E-state index in [1.54, 1.807) is 0 Å². The number of non-ortho nitro benzene ring substituents is 2. The van der Waals surface area contributed by atoms with Crippen LogP contribution in [0.15, 0.2) is 84.9 Å². The predicted octanol–water partition coefficient (Wildman–Crippen LogP) is 7.66. The number of rotatable bonds is 8. The summed E-state index contributed by atoms with van der Waals surface area (Å²) >= 11 is 0. The van der Waals surface area contributed by atoms with Gasteiger partial charge in [0, 0.05) is 24.3 Å². The minimum absolute atomic E-state index is 0.0145. The molecule has 0 heterocycles. The molecular weight excluding hydrogens is 590 g/mol. The molecule has 10 nitrogen and oxygen atoms in total. The average molecular weight is 608 g/mol.